The lowest BCUT2D eigenvalue weighted by Gasteiger charge is -2.16. The molecule has 0 fully saturated rings. The van der Waals surface area contributed by atoms with Crippen molar-refractivity contribution in [1.29, 1.82) is 0 Å². The third-order valence-electron chi connectivity index (χ3n) is 4.45. The molecule has 1 heterocycles. The highest BCUT2D eigenvalue weighted by Gasteiger charge is 2.36. The fraction of sp³-hybridized carbons (Fsp3) is 0.190. The Morgan fingerprint density at radius 1 is 0.774 bits per heavy atom. The predicted octanol–water partition coefficient (Wildman–Crippen LogP) is 7.38. The van der Waals surface area contributed by atoms with Crippen LogP contribution in [0.2, 0.25) is 10.2 Å². The Bertz CT molecular complexity index is 1050. The lowest BCUT2D eigenvalue weighted by molar-refractivity contribution is -0.143. The van der Waals surface area contributed by atoms with Crippen LogP contribution in [-0.4, -0.2) is 4.98 Å². The van der Waals surface area contributed by atoms with E-state index in [1.54, 1.807) is 30.3 Å². The molecule has 2 nitrogen and oxygen atoms in total. The first-order valence-electron chi connectivity index (χ1n) is 8.84. The van der Waals surface area contributed by atoms with Crippen molar-refractivity contribution in [2.45, 2.75) is 25.4 Å². The van der Waals surface area contributed by atoms with Crippen molar-refractivity contribution in [2.24, 2.45) is 0 Å². The summed E-state index contributed by atoms with van der Waals surface area (Å²) in [4.78, 5) is 4.00. The molecule has 31 heavy (non-hydrogen) atoms. The number of hydrogen-bond acceptors (Lipinski definition) is 2. The first kappa shape index (κ1) is 23.4. The highest BCUT2D eigenvalue weighted by molar-refractivity contribution is 6.34. The molecule has 164 valence electrons. The van der Waals surface area contributed by atoms with Crippen molar-refractivity contribution in [3.63, 3.8) is 0 Å². The summed E-state index contributed by atoms with van der Waals surface area (Å²) in [5.41, 5.74) is -1.06. The van der Waals surface area contributed by atoms with Crippen LogP contribution in [0.3, 0.4) is 0 Å². The van der Waals surface area contributed by atoms with Crippen molar-refractivity contribution in [3.05, 3.63) is 87.2 Å². The summed E-state index contributed by atoms with van der Waals surface area (Å²) in [6.07, 6.45) is -8.33. The van der Waals surface area contributed by atoms with E-state index in [1.165, 1.54) is 6.20 Å². The first-order valence-corrected chi connectivity index (χ1v) is 9.60. The quantitative estimate of drug-likeness (QED) is 0.305. The second-order valence-electron chi connectivity index (χ2n) is 6.63. The van der Waals surface area contributed by atoms with Crippen molar-refractivity contribution < 1.29 is 26.3 Å². The number of benzene rings is 2. The van der Waals surface area contributed by atoms with E-state index in [2.05, 4.69) is 10.3 Å². The predicted molar refractivity (Wildman–Crippen MR) is 107 cm³/mol. The molecule has 0 aliphatic heterocycles. The fourth-order valence-corrected chi connectivity index (χ4v) is 3.48. The van der Waals surface area contributed by atoms with Crippen LogP contribution in [-0.2, 0) is 25.4 Å². The average molecular weight is 479 g/mol. The molecule has 3 rings (SSSR count). The summed E-state index contributed by atoms with van der Waals surface area (Å²) in [7, 11) is 0. The number of hydrogen-bond donors (Lipinski definition) is 1. The first-order chi connectivity index (χ1) is 14.5. The van der Waals surface area contributed by atoms with Crippen molar-refractivity contribution >= 4 is 23.2 Å². The van der Waals surface area contributed by atoms with E-state index in [0.29, 0.717) is 33.8 Å². The second-order valence-corrected chi connectivity index (χ2v) is 7.39. The normalized spacial score (nSPS) is 12.3. The molecule has 1 N–H and O–H groups in total. The zero-order valence-electron chi connectivity index (χ0n) is 15.6. The lowest BCUT2D eigenvalue weighted by Crippen LogP contribution is -2.17. The molecule has 0 saturated heterocycles. The van der Waals surface area contributed by atoms with E-state index in [1.807, 2.05) is 0 Å². The van der Waals surface area contributed by atoms with Crippen LogP contribution in [0.15, 0.2) is 54.7 Å². The summed E-state index contributed by atoms with van der Waals surface area (Å²) >= 11 is 12.4. The van der Waals surface area contributed by atoms with Crippen LogP contribution < -0.4 is 5.32 Å². The number of nitrogens with zero attached hydrogens (tertiary/aromatic N) is 1. The largest absolute Gasteiger partial charge is 0.416 e. The van der Waals surface area contributed by atoms with Gasteiger partial charge in [0.25, 0.3) is 0 Å². The number of pyridine rings is 1. The Balaban J connectivity index is 1.87. The van der Waals surface area contributed by atoms with Gasteiger partial charge in [0.2, 0.25) is 0 Å². The standard InChI is InChI=1S/C21H14Cl2F6N2/c22-18-4-2-1-3-16(18)15-5-6-31-19(23)17(15)11-30-10-12-7-13(20(24,25)26)9-14(8-12)21(27,28)29/h1-9,30H,10-11H2. The Hall–Kier alpha value is -2.29. The topological polar surface area (TPSA) is 24.9 Å². The van der Waals surface area contributed by atoms with Gasteiger partial charge in [-0.2, -0.15) is 26.3 Å². The Morgan fingerprint density at radius 2 is 1.39 bits per heavy atom. The van der Waals surface area contributed by atoms with Gasteiger partial charge < -0.3 is 5.32 Å². The Morgan fingerprint density at radius 3 is 1.97 bits per heavy atom. The molecule has 2 aromatic carbocycles. The number of aromatic nitrogens is 1. The lowest BCUT2D eigenvalue weighted by atomic mass is 10.0. The third-order valence-corrected chi connectivity index (χ3v) is 5.10. The number of nitrogens with one attached hydrogen (secondary N) is 1. The van der Waals surface area contributed by atoms with Gasteiger partial charge >= 0.3 is 12.4 Å². The fourth-order valence-electron chi connectivity index (χ4n) is 3.02. The SMILES string of the molecule is FC(F)(F)c1cc(CNCc2c(-c3ccccc3Cl)ccnc2Cl)cc(C(F)(F)F)c1. The highest BCUT2D eigenvalue weighted by Crippen LogP contribution is 2.36. The van der Waals surface area contributed by atoms with Gasteiger partial charge in [0.15, 0.2) is 0 Å². The maximum Gasteiger partial charge on any atom is 0.416 e. The van der Waals surface area contributed by atoms with Gasteiger partial charge in [-0.25, -0.2) is 4.98 Å². The van der Waals surface area contributed by atoms with Gasteiger partial charge in [0, 0.05) is 35.4 Å². The van der Waals surface area contributed by atoms with Gasteiger partial charge in [-0.05, 0) is 41.5 Å². The molecule has 3 aromatic rings. The van der Waals surface area contributed by atoms with Crippen LogP contribution in [0.5, 0.6) is 0 Å². The third kappa shape index (κ3) is 5.70. The van der Waals surface area contributed by atoms with Crippen molar-refractivity contribution in [1.82, 2.24) is 10.3 Å². The van der Waals surface area contributed by atoms with E-state index < -0.39 is 23.5 Å². The van der Waals surface area contributed by atoms with Gasteiger partial charge in [-0.3, -0.25) is 0 Å². The molecule has 0 aliphatic carbocycles. The summed E-state index contributed by atoms with van der Waals surface area (Å²) in [6.45, 7) is -0.203. The van der Waals surface area contributed by atoms with Crippen LogP contribution in [0, 0.1) is 0 Å². The summed E-state index contributed by atoms with van der Waals surface area (Å²) in [5, 5.41) is 3.44. The van der Waals surface area contributed by atoms with Crippen molar-refractivity contribution in [3.8, 4) is 11.1 Å². The number of rotatable bonds is 5. The van der Waals surface area contributed by atoms with Gasteiger partial charge in [0.1, 0.15) is 5.15 Å². The molecule has 1 aromatic heterocycles. The van der Waals surface area contributed by atoms with Gasteiger partial charge in [-0.1, -0.05) is 41.4 Å². The monoisotopic (exact) mass is 478 g/mol. The van der Waals surface area contributed by atoms with E-state index in [-0.39, 0.29) is 29.9 Å². The maximum atomic E-state index is 13.0. The maximum absolute atomic E-state index is 13.0. The van der Waals surface area contributed by atoms with Crippen LogP contribution in [0.25, 0.3) is 11.1 Å². The summed E-state index contributed by atoms with van der Waals surface area (Å²) in [5.74, 6) is 0. The molecule has 0 atom stereocenters. The van der Waals surface area contributed by atoms with E-state index >= 15 is 0 Å². The Kier molecular flexibility index (Phi) is 6.83. The van der Waals surface area contributed by atoms with E-state index in [0.717, 1.165) is 0 Å². The molecule has 10 heteroatoms. The number of halogens is 8. The molecule has 0 radical (unpaired) electrons. The van der Waals surface area contributed by atoms with Gasteiger partial charge in [-0.15, -0.1) is 0 Å². The van der Waals surface area contributed by atoms with Crippen molar-refractivity contribution in [2.75, 3.05) is 0 Å². The summed E-state index contributed by atoms with van der Waals surface area (Å²) < 4.78 is 78.2. The molecule has 0 bridgehead atoms. The minimum Gasteiger partial charge on any atom is -0.308 e. The molecule has 0 amide bonds. The van der Waals surface area contributed by atoms with Gasteiger partial charge in [0.05, 0.1) is 11.1 Å². The molecular formula is C21H14Cl2F6N2. The zero-order valence-corrected chi connectivity index (χ0v) is 17.1. The van der Waals surface area contributed by atoms with E-state index in [9.17, 15) is 26.3 Å². The molecule has 0 unspecified atom stereocenters. The van der Waals surface area contributed by atoms with Crippen LogP contribution >= 0.6 is 23.2 Å². The zero-order chi connectivity index (χ0) is 22.8. The highest BCUT2D eigenvalue weighted by atomic mass is 35.5. The molecule has 0 spiro atoms. The smallest absolute Gasteiger partial charge is 0.308 e. The van der Waals surface area contributed by atoms with Crippen LogP contribution in [0.1, 0.15) is 22.3 Å². The molecule has 0 saturated carbocycles. The summed E-state index contributed by atoms with van der Waals surface area (Å²) in [6, 6.07) is 10.1. The average Bonchev–Trinajstić information content (AvgIpc) is 2.68. The minimum atomic E-state index is -4.90. The van der Waals surface area contributed by atoms with E-state index in [4.69, 9.17) is 23.2 Å². The van der Waals surface area contributed by atoms with Crippen LogP contribution in [0.4, 0.5) is 26.3 Å². The molecule has 0 aliphatic rings. The second kappa shape index (κ2) is 9.06. The molecular weight excluding hydrogens is 465 g/mol. The number of alkyl halides is 6. The minimum absolute atomic E-state index is 0.0465. The Labute approximate surface area is 183 Å².